The van der Waals surface area contributed by atoms with Crippen LogP contribution in [-0.2, 0) is 14.8 Å². The van der Waals surface area contributed by atoms with Crippen LogP contribution in [0.3, 0.4) is 0 Å². The first-order valence-electron chi connectivity index (χ1n) is 9.12. The highest BCUT2D eigenvalue weighted by atomic mass is 32.2. The highest BCUT2D eigenvalue weighted by Gasteiger charge is 2.31. The van der Waals surface area contributed by atoms with Gasteiger partial charge < -0.3 is 10.6 Å². The molecule has 0 saturated carbocycles. The lowest BCUT2D eigenvalue weighted by molar-refractivity contribution is -0.115. The van der Waals surface area contributed by atoms with Crippen LogP contribution in [0.2, 0.25) is 0 Å². The lowest BCUT2D eigenvalue weighted by atomic mass is 10.1. The molecule has 2 amide bonds. The van der Waals surface area contributed by atoms with Gasteiger partial charge in [0.1, 0.15) is 9.77 Å². The number of thiophene rings is 1. The van der Waals surface area contributed by atoms with Crippen molar-refractivity contribution in [3.63, 3.8) is 0 Å². The van der Waals surface area contributed by atoms with Crippen molar-refractivity contribution in [2.75, 3.05) is 23.7 Å². The van der Waals surface area contributed by atoms with E-state index in [-0.39, 0.29) is 15.7 Å². The minimum Gasteiger partial charge on any atom is -0.326 e. The Balaban J connectivity index is 1.84. The van der Waals surface area contributed by atoms with Gasteiger partial charge in [0.2, 0.25) is 15.9 Å². The maximum atomic E-state index is 12.9. The Labute approximate surface area is 168 Å². The van der Waals surface area contributed by atoms with E-state index in [1.54, 1.807) is 30.5 Å². The number of anilines is 2. The third-order valence-corrected chi connectivity index (χ3v) is 7.59. The summed E-state index contributed by atoms with van der Waals surface area (Å²) in [5.41, 5.74) is 1.91. The van der Waals surface area contributed by atoms with Gasteiger partial charge in [-0.2, -0.15) is 4.31 Å². The Bertz CT molecular complexity index is 992. The molecule has 28 heavy (non-hydrogen) atoms. The smallest absolute Gasteiger partial charge is 0.267 e. The summed E-state index contributed by atoms with van der Waals surface area (Å²) in [5.74, 6) is -0.604. The third kappa shape index (κ3) is 4.26. The Morgan fingerprint density at radius 2 is 1.86 bits per heavy atom. The number of amides is 2. The molecule has 1 aromatic carbocycles. The number of benzene rings is 1. The second-order valence-electron chi connectivity index (χ2n) is 6.61. The Hall–Kier alpha value is -2.23. The van der Waals surface area contributed by atoms with Crippen LogP contribution in [0.4, 0.5) is 11.4 Å². The molecule has 1 aliphatic heterocycles. The third-order valence-electron chi connectivity index (χ3n) is 4.61. The van der Waals surface area contributed by atoms with E-state index in [0.717, 1.165) is 29.7 Å². The number of carbonyl (C=O) groups is 2. The number of hydrogen-bond donors (Lipinski definition) is 2. The minimum absolute atomic E-state index is 0.0463. The van der Waals surface area contributed by atoms with Gasteiger partial charge in [-0.3, -0.25) is 9.59 Å². The predicted octanol–water partition coefficient (Wildman–Crippen LogP) is 3.44. The van der Waals surface area contributed by atoms with Gasteiger partial charge in [-0.05, 0) is 48.9 Å². The molecule has 0 unspecified atom stereocenters. The zero-order valence-electron chi connectivity index (χ0n) is 15.8. The normalized spacial score (nSPS) is 14.8. The number of sulfonamides is 1. The van der Waals surface area contributed by atoms with Crippen LogP contribution < -0.4 is 10.6 Å². The van der Waals surface area contributed by atoms with Crippen molar-refractivity contribution in [2.24, 2.45) is 0 Å². The molecule has 0 radical (unpaired) electrons. The second kappa shape index (κ2) is 8.42. The first kappa shape index (κ1) is 20.5. The summed E-state index contributed by atoms with van der Waals surface area (Å²) < 4.78 is 27.1. The summed E-state index contributed by atoms with van der Waals surface area (Å²) in [6.07, 6.45) is 2.02. The van der Waals surface area contributed by atoms with E-state index in [9.17, 15) is 18.0 Å². The van der Waals surface area contributed by atoms with Crippen molar-refractivity contribution in [1.29, 1.82) is 0 Å². The van der Waals surface area contributed by atoms with E-state index in [4.69, 9.17) is 0 Å². The van der Waals surface area contributed by atoms with E-state index >= 15 is 0 Å². The molecule has 2 N–H and O–H groups in total. The molecular weight excluding hydrogens is 398 g/mol. The monoisotopic (exact) mass is 421 g/mol. The highest BCUT2D eigenvalue weighted by Crippen LogP contribution is 2.29. The molecule has 2 aromatic rings. The summed E-state index contributed by atoms with van der Waals surface area (Å²) in [4.78, 5) is 24.6. The zero-order valence-corrected chi connectivity index (χ0v) is 17.5. The summed E-state index contributed by atoms with van der Waals surface area (Å²) in [6.45, 7) is 4.55. The largest absolute Gasteiger partial charge is 0.326 e. The first-order chi connectivity index (χ1) is 13.3. The van der Waals surface area contributed by atoms with Crippen molar-refractivity contribution in [3.05, 3.63) is 40.1 Å². The number of rotatable bonds is 6. The first-order valence-corrected chi connectivity index (χ1v) is 11.4. The maximum absolute atomic E-state index is 12.9. The Morgan fingerprint density at radius 1 is 1.14 bits per heavy atom. The van der Waals surface area contributed by atoms with E-state index in [0.29, 0.717) is 30.9 Å². The number of nitrogens with one attached hydrogen (secondary N) is 2. The van der Waals surface area contributed by atoms with E-state index in [1.807, 2.05) is 6.92 Å². The van der Waals surface area contributed by atoms with Gasteiger partial charge in [0.05, 0.1) is 0 Å². The molecule has 0 spiro atoms. The lowest BCUT2D eigenvalue weighted by Crippen LogP contribution is -2.29. The Kier molecular flexibility index (Phi) is 6.17. The van der Waals surface area contributed by atoms with Crippen LogP contribution in [0.5, 0.6) is 0 Å². The van der Waals surface area contributed by atoms with Crippen LogP contribution in [0.15, 0.2) is 34.5 Å². The number of nitrogens with zero attached hydrogens (tertiary/aromatic N) is 1. The topological polar surface area (TPSA) is 95.6 Å². The number of aryl methyl sites for hydroxylation is 1. The van der Waals surface area contributed by atoms with Gasteiger partial charge in [0.15, 0.2) is 0 Å². The maximum Gasteiger partial charge on any atom is 0.267 e. The van der Waals surface area contributed by atoms with E-state index in [2.05, 4.69) is 10.6 Å². The summed E-state index contributed by atoms with van der Waals surface area (Å²) in [6, 6.07) is 6.70. The predicted molar refractivity (Wildman–Crippen MR) is 110 cm³/mol. The molecule has 1 fully saturated rings. The molecule has 1 saturated heterocycles. The molecule has 0 aliphatic carbocycles. The lowest BCUT2D eigenvalue weighted by Gasteiger charge is -2.16. The molecule has 150 valence electrons. The van der Waals surface area contributed by atoms with Crippen molar-refractivity contribution in [3.8, 4) is 0 Å². The van der Waals surface area contributed by atoms with Gasteiger partial charge in [-0.15, -0.1) is 11.3 Å². The summed E-state index contributed by atoms with van der Waals surface area (Å²) >= 11 is 1.10. The molecule has 2 heterocycles. The fourth-order valence-corrected chi connectivity index (χ4v) is 5.81. The van der Waals surface area contributed by atoms with Crippen LogP contribution in [-0.4, -0.2) is 37.6 Å². The molecule has 1 aromatic heterocycles. The van der Waals surface area contributed by atoms with Crippen LogP contribution >= 0.6 is 11.3 Å². The molecule has 9 heteroatoms. The molecule has 3 rings (SSSR count). The van der Waals surface area contributed by atoms with Crippen molar-refractivity contribution < 1.29 is 18.0 Å². The van der Waals surface area contributed by atoms with Crippen molar-refractivity contribution in [2.45, 2.75) is 38.0 Å². The quantitative estimate of drug-likeness (QED) is 0.747. The molecule has 7 nitrogen and oxygen atoms in total. The van der Waals surface area contributed by atoms with E-state index in [1.165, 1.54) is 10.4 Å². The second-order valence-corrected chi connectivity index (χ2v) is 9.43. The van der Waals surface area contributed by atoms with Crippen LogP contribution in [0.25, 0.3) is 0 Å². The molecule has 0 bridgehead atoms. The number of carbonyl (C=O) groups excluding carboxylic acids is 2. The van der Waals surface area contributed by atoms with Gasteiger partial charge in [0, 0.05) is 30.9 Å². The molecule has 0 atom stereocenters. The fourth-order valence-electron chi connectivity index (χ4n) is 3.00. The van der Waals surface area contributed by atoms with Crippen LogP contribution in [0, 0.1) is 6.92 Å². The summed E-state index contributed by atoms with van der Waals surface area (Å²) in [5, 5.41) is 7.15. The Morgan fingerprint density at radius 3 is 2.54 bits per heavy atom. The fraction of sp³-hybridized carbons (Fsp3) is 0.368. The highest BCUT2D eigenvalue weighted by molar-refractivity contribution is 7.89. The van der Waals surface area contributed by atoms with Gasteiger partial charge in [0.25, 0.3) is 5.91 Å². The van der Waals surface area contributed by atoms with Crippen LogP contribution in [0.1, 0.15) is 41.4 Å². The van der Waals surface area contributed by atoms with Crippen molar-refractivity contribution >= 4 is 44.5 Å². The van der Waals surface area contributed by atoms with Crippen molar-refractivity contribution in [1.82, 2.24) is 4.31 Å². The molecule has 1 aliphatic rings. The molecular formula is C19H23N3O4S2. The average Bonchev–Trinajstić information content (AvgIpc) is 3.36. The SMILES string of the molecule is CCC(=O)Nc1ccc(C)c(NC(=O)c2sccc2S(=O)(=O)N2CCCC2)c1. The van der Waals surface area contributed by atoms with Gasteiger partial charge in [-0.1, -0.05) is 13.0 Å². The van der Waals surface area contributed by atoms with Gasteiger partial charge in [-0.25, -0.2) is 8.42 Å². The number of hydrogen-bond acceptors (Lipinski definition) is 5. The zero-order chi connectivity index (χ0) is 20.3. The summed E-state index contributed by atoms with van der Waals surface area (Å²) in [7, 11) is -3.67. The minimum atomic E-state index is -3.67. The average molecular weight is 422 g/mol. The standard InChI is InChI=1S/C19H23N3O4S2/c1-3-17(23)20-14-7-6-13(2)15(12-14)21-19(24)18-16(8-11-27-18)28(25,26)22-9-4-5-10-22/h6-8,11-12H,3-5,9-10H2,1-2H3,(H,20,23)(H,21,24). The van der Waals surface area contributed by atoms with E-state index < -0.39 is 15.9 Å². The van der Waals surface area contributed by atoms with Gasteiger partial charge >= 0.3 is 0 Å².